The van der Waals surface area contributed by atoms with E-state index in [4.69, 9.17) is 4.74 Å². The van der Waals surface area contributed by atoms with E-state index in [1.54, 1.807) is 0 Å². The minimum atomic E-state index is -0.582. The lowest BCUT2D eigenvalue weighted by molar-refractivity contribution is -0.138. The van der Waals surface area contributed by atoms with Crippen LogP contribution in [0, 0.1) is 5.92 Å². The van der Waals surface area contributed by atoms with Gasteiger partial charge in [-0.25, -0.2) is 9.59 Å². The standard InChI is InChI=1S/C16H21NO4.H2/c1-4-15(18)20-9-10-21-16(19)17-14-7-5-13(6-8-14)11-12(2)3;/h4-8,12H,1,9-11H2,2-3H3,(H,17,19);1H. The Morgan fingerprint density at radius 1 is 1.24 bits per heavy atom. The van der Waals surface area contributed by atoms with Crippen molar-refractivity contribution in [3.05, 3.63) is 42.5 Å². The van der Waals surface area contributed by atoms with E-state index in [0.717, 1.165) is 12.5 Å². The summed E-state index contributed by atoms with van der Waals surface area (Å²) >= 11 is 0. The highest BCUT2D eigenvalue weighted by Crippen LogP contribution is 2.13. The third kappa shape index (κ3) is 7.15. The predicted octanol–water partition coefficient (Wildman–Crippen LogP) is 3.41. The minimum Gasteiger partial charge on any atom is -0.459 e. The second-order valence-electron chi connectivity index (χ2n) is 4.93. The van der Waals surface area contributed by atoms with Crippen molar-refractivity contribution in [3.63, 3.8) is 0 Å². The van der Waals surface area contributed by atoms with E-state index in [1.807, 2.05) is 24.3 Å². The largest absolute Gasteiger partial charge is 0.459 e. The second kappa shape index (κ2) is 8.79. The maximum absolute atomic E-state index is 11.5. The van der Waals surface area contributed by atoms with Gasteiger partial charge >= 0.3 is 12.1 Å². The molecule has 1 aromatic carbocycles. The fourth-order valence-corrected chi connectivity index (χ4v) is 1.69. The van der Waals surface area contributed by atoms with Crippen molar-refractivity contribution in [1.82, 2.24) is 0 Å². The molecule has 0 aliphatic rings. The van der Waals surface area contributed by atoms with Crippen LogP contribution in [0.25, 0.3) is 0 Å². The quantitative estimate of drug-likeness (QED) is 0.475. The van der Waals surface area contributed by atoms with Gasteiger partial charge in [0.1, 0.15) is 13.2 Å². The summed E-state index contributed by atoms with van der Waals surface area (Å²) in [6.45, 7) is 7.57. The molecule has 116 valence electrons. The minimum absolute atomic E-state index is 0. The summed E-state index contributed by atoms with van der Waals surface area (Å²) in [6.07, 6.45) is 1.47. The van der Waals surface area contributed by atoms with Gasteiger partial charge in [0.25, 0.3) is 0 Å². The summed E-state index contributed by atoms with van der Waals surface area (Å²) in [5.74, 6) is 0.0480. The van der Waals surface area contributed by atoms with E-state index in [9.17, 15) is 9.59 Å². The van der Waals surface area contributed by atoms with E-state index in [2.05, 4.69) is 30.5 Å². The molecule has 0 atom stereocenters. The van der Waals surface area contributed by atoms with Crippen LogP contribution < -0.4 is 5.32 Å². The number of hydrogen-bond acceptors (Lipinski definition) is 4. The number of anilines is 1. The molecule has 0 aliphatic heterocycles. The molecule has 0 heterocycles. The molecule has 0 saturated carbocycles. The van der Waals surface area contributed by atoms with Crippen LogP contribution in [0.5, 0.6) is 0 Å². The molecule has 0 aromatic heterocycles. The summed E-state index contributed by atoms with van der Waals surface area (Å²) < 4.78 is 9.56. The molecule has 5 heteroatoms. The normalized spacial score (nSPS) is 10.0. The molecule has 0 aliphatic carbocycles. The number of rotatable bonds is 7. The van der Waals surface area contributed by atoms with E-state index in [-0.39, 0.29) is 14.6 Å². The fraction of sp³-hybridized carbons (Fsp3) is 0.375. The van der Waals surface area contributed by atoms with Crippen LogP contribution in [0.1, 0.15) is 20.8 Å². The average Bonchev–Trinajstić information content (AvgIpc) is 2.45. The van der Waals surface area contributed by atoms with Gasteiger partial charge in [0.05, 0.1) is 0 Å². The highest BCUT2D eigenvalue weighted by atomic mass is 16.6. The lowest BCUT2D eigenvalue weighted by Gasteiger charge is -2.09. The van der Waals surface area contributed by atoms with Crippen molar-refractivity contribution < 1.29 is 20.5 Å². The molecule has 0 unspecified atom stereocenters. The number of carbonyl (C=O) groups is 2. The van der Waals surface area contributed by atoms with E-state index >= 15 is 0 Å². The zero-order valence-electron chi connectivity index (χ0n) is 12.4. The Balaban J connectivity index is 0.00000441. The molecule has 5 nitrogen and oxygen atoms in total. The molecule has 1 amide bonds. The summed E-state index contributed by atoms with van der Waals surface area (Å²) in [5.41, 5.74) is 1.89. The Kier molecular flexibility index (Phi) is 7.01. The summed E-state index contributed by atoms with van der Waals surface area (Å²) in [6, 6.07) is 7.61. The van der Waals surface area contributed by atoms with Crippen LogP contribution in [-0.4, -0.2) is 25.3 Å². The number of carbonyl (C=O) groups excluding carboxylic acids is 2. The average molecular weight is 293 g/mol. The molecule has 0 bridgehead atoms. The van der Waals surface area contributed by atoms with Gasteiger partial charge in [0.2, 0.25) is 0 Å². The lowest BCUT2D eigenvalue weighted by atomic mass is 10.0. The molecular weight excluding hydrogens is 270 g/mol. The summed E-state index contributed by atoms with van der Waals surface area (Å²) in [7, 11) is 0. The monoisotopic (exact) mass is 293 g/mol. The highest BCUT2D eigenvalue weighted by molar-refractivity contribution is 5.84. The number of hydrogen-bond donors (Lipinski definition) is 1. The number of esters is 1. The molecule has 1 aromatic rings. The smallest absolute Gasteiger partial charge is 0.411 e. The van der Waals surface area contributed by atoms with Crippen LogP contribution in [-0.2, 0) is 20.7 Å². The molecule has 1 N–H and O–H groups in total. The van der Waals surface area contributed by atoms with Gasteiger partial charge in [-0.15, -0.1) is 0 Å². The van der Waals surface area contributed by atoms with Gasteiger partial charge < -0.3 is 9.47 Å². The maximum atomic E-state index is 11.5. The number of benzene rings is 1. The molecule has 0 spiro atoms. The first-order valence-corrected chi connectivity index (χ1v) is 6.83. The lowest BCUT2D eigenvalue weighted by Crippen LogP contribution is -2.17. The number of ether oxygens (including phenoxy) is 2. The van der Waals surface area contributed by atoms with Gasteiger partial charge in [0, 0.05) is 13.2 Å². The van der Waals surface area contributed by atoms with Gasteiger partial charge in [0.15, 0.2) is 0 Å². The third-order valence-electron chi connectivity index (χ3n) is 2.57. The zero-order valence-corrected chi connectivity index (χ0v) is 12.4. The Labute approximate surface area is 126 Å². The van der Waals surface area contributed by atoms with E-state index in [0.29, 0.717) is 11.6 Å². The molecule has 21 heavy (non-hydrogen) atoms. The molecule has 1 rings (SSSR count). The van der Waals surface area contributed by atoms with Gasteiger partial charge in [-0.3, -0.25) is 5.32 Å². The Morgan fingerprint density at radius 2 is 1.86 bits per heavy atom. The van der Waals surface area contributed by atoms with Crippen LogP contribution >= 0.6 is 0 Å². The molecule has 0 radical (unpaired) electrons. The Hall–Kier alpha value is -2.30. The first kappa shape index (κ1) is 16.8. The van der Waals surface area contributed by atoms with Crippen molar-refractivity contribution in [1.29, 1.82) is 0 Å². The second-order valence-corrected chi connectivity index (χ2v) is 4.93. The maximum Gasteiger partial charge on any atom is 0.411 e. The fourth-order valence-electron chi connectivity index (χ4n) is 1.69. The predicted molar refractivity (Wildman–Crippen MR) is 83.2 cm³/mol. The van der Waals surface area contributed by atoms with Crippen LogP contribution in [0.3, 0.4) is 0 Å². The van der Waals surface area contributed by atoms with Crippen LogP contribution in [0.4, 0.5) is 10.5 Å². The first-order valence-electron chi connectivity index (χ1n) is 6.83. The molecule has 0 fully saturated rings. The van der Waals surface area contributed by atoms with Gasteiger partial charge in [-0.1, -0.05) is 32.6 Å². The topological polar surface area (TPSA) is 64.6 Å². The third-order valence-corrected chi connectivity index (χ3v) is 2.57. The molecule has 0 saturated heterocycles. The summed E-state index contributed by atoms with van der Waals surface area (Å²) in [4.78, 5) is 22.3. The van der Waals surface area contributed by atoms with E-state index < -0.39 is 12.1 Å². The van der Waals surface area contributed by atoms with Crippen molar-refractivity contribution in [2.45, 2.75) is 20.3 Å². The SMILES string of the molecule is C=CC(=O)OCCOC(=O)Nc1ccc(CC(C)C)cc1.[HH]. The number of nitrogens with one attached hydrogen (secondary N) is 1. The van der Waals surface area contributed by atoms with Gasteiger partial charge in [-0.05, 0) is 30.0 Å². The van der Waals surface area contributed by atoms with Gasteiger partial charge in [-0.2, -0.15) is 0 Å². The first-order chi connectivity index (χ1) is 10.0. The zero-order chi connectivity index (χ0) is 15.7. The Morgan fingerprint density at radius 3 is 2.43 bits per heavy atom. The number of amides is 1. The highest BCUT2D eigenvalue weighted by Gasteiger charge is 2.04. The van der Waals surface area contributed by atoms with Crippen molar-refractivity contribution in [2.24, 2.45) is 5.92 Å². The van der Waals surface area contributed by atoms with Crippen molar-refractivity contribution in [2.75, 3.05) is 18.5 Å². The van der Waals surface area contributed by atoms with Crippen LogP contribution in [0.15, 0.2) is 36.9 Å². The Bertz CT molecular complexity index is 485. The summed E-state index contributed by atoms with van der Waals surface area (Å²) in [5, 5.41) is 2.60. The van der Waals surface area contributed by atoms with Crippen molar-refractivity contribution >= 4 is 17.7 Å². The molecular formula is C16H23NO4. The van der Waals surface area contributed by atoms with Crippen molar-refractivity contribution in [3.8, 4) is 0 Å². The van der Waals surface area contributed by atoms with E-state index in [1.165, 1.54) is 5.56 Å². The van der Waals surface area contributed by atoms with Crippen LogP contribution in [0.2, 0.25) is 0 Å².